The molecular formula is C34H28N6. The average Bonchev–Trinajstić information content (AvgIpc) is 3.01. The lowest BCUT2D eigenvalue weighted by Gasteiger charge is -2.11. The van der Waals surface area contributed by atoms with Crippen molar-refractivity contribution in [3.63, 3.8) is 0 Å². The SMILES string of the molecule is Cc1cc(C(N)=NC(=NC(C)c2ccccc2)c2ccccn2)nc2c1ccc1ccc(-c3ccccc3)nc12. The molecule has 0 aliphatic rings. The van der Waals surface area contributed by atoms with Crippen LogP contribution in [-0.4, -0.2) is 26.6 Å². The smallest absolute Gasteiger partial charge is 0.176 e. The maximum absolute atomic E-state index is 6.63. The second-order valence-corrected chi connectivity index (χ2v) is 9.67. The second-order valence-electron chi connectivity index (χ2n) is 9.67. The molecule has 2 N–H and O–H groups in total. The van der Waals surface area contributed by atoms with Crippen molar-refractivity contribution in [1.29, 1.82) is 0 Å². The zero-order valence-corrected chi connectivity index (χ0v) is 22.4. The Labute approximate surface area is 233 Å². The quantitative estimate of drug-likeness (QED) is 0.150. The zero-order valence-electron chi connectivity index (χ0n) is 22.4. The number of hydrogen-bond donors (Lipinski definition) is 1. The number of rotatable bonds is 5. The summed E-state index contributed by atoms with van der Waals surface area (Å²) in [4.78, 5) is 24.2. The first kappa shape index (κ1) is 25.1. The molecule has 0 saturated heterocycles. The van der Waals surface area contributed by atoms with Crippen LogP contribution in [0.4, 0.5) is 0 Å². The van der Waals surface area contributed by atoms with Gasteiger partial charge in [-0.05, 0) is 49.2 Å². The van der Waals surface area contributed by atoms with Gasteiger partial charge in [-0.1, -0.05) is 84.9 Å². The molecule has 0 spiro atoms. The van der Waals surface area contributed by atoms with Gasteiger partial charge in [0.2, 0.25) is 0 Å². The van der Waals surface area contributed by atoms with Gasteiger partial charge in [0.05, 0.1) is 22.8 Å². The van der Waals surface area contributed by atoms with Gasteiger partial charge in [0.25, 0.3) is 0 Å². The van der Waals surface area contributed by atoms with E-state index in [1.165, 1.54) is 0 Å². The Morgan fingerprint density at radius 3 is 2.23 bits per heavy atom. The third kappa shape index (κ3) is 5.07. The summed E-state index contributed by atoms with van der Waals surface area (Å²) in [5, 5.41) is 2.04. The molecular weight excluding hydrogens is 492 g/mol. The van der Waals surface area contributed by atoms with Crippen molar-refractivity contribution in [3.05, 3.63) is 138 Å². The van der Waals surface area contributed by atoms with E-state index in [0.717, 1.165) is 44.2 Å². The second kappa shape index (κ2) is 10.9. The molecule has 40 heavy (non-hydrogen) atoms. The highest BCUT2D eigenvalue weighted by Crippen LogP contribution is 2.28. The molecule has 1 atom stereocenters. The van der Waals surface area contributed by atoms with Gasteiger partial charge in [-0.2, -0.15) is 0 Å². The molecule has 6 rings (SSSR count). The van der Waals surface area contributed by atoms with Gasteiger partial charge in [0, 0.05) is 22.5 Å². The molecule has 3 aromatic heterocycles. The normalized spacial score (nSPS) is 13.1. The van der Waals surface area contributed by atoms with Gasteiger partial charge in [0.1, 0.15) is 11.4 Å². The minimum absolute atomic E-state index is 0.134. The van der Waals surface area contributed by atoms with E-state index in [0.29, 0.717) is 17.2 Å². The molecule has 0 bridgehead atoms. The van der Waals surface area contributed by atoms with Crippen molar-refractivity contribution in [2.24, 2.45) is 15.7 Å². The number of aromatic nitrogens is 3. The Morgan fingerprint density at radius 2 is 1.48 bits per heavy atom. The van der Waals surface area contributed by atoms with Crippen molar-refractivity contribution in [3.8, 4) is 11.3 Å². The molecule has 6 nitrogen and oxygen atoms in total. The van der Waals surface area contributed by atoms with Gasteiger partial charge in [-0.3, -0.25) is 9.98 Å². The van der Waals surface area contributed by atoms with E-state index in [9.17, 15) is 0 Å². The maximum atomic E-state index is 6.63. The molecule has 3 heterocycles. The van der Waals surface area contributed by atoms with Gasteiger partial charge < -0.3 is 5.73 Å². The lowest BCUT2D eigenvalue weighted by molar-refractivity contribution is 0.817. The Kier molecular flexibility index (Phi) is 6.81. The molecule has 0 radical (unpaired) electrons. The van der Waals surface area contributed by atoms with Crippen molar-refractivity contribution in [1.82, 2.24) is 15.0 Å². The molecule has 0 aliphatic heterocycles. The summed E-state index contributed by atoms with van der Waals surface area (Å²) in [6.07, 6.45) is 1.73. The molecule has 194 valence electrons. The van der Waals surface area contributed by atoms with Crippen molar-refractivity contribution in [2.45, 2.75) is 19.9 Å². The fraction of sp³-hybridized carbons (Fsp3) is 0.0882. The molecule has 1 unspecified atom stereocenters. The summed E-state index contributed by atoms with van der Waals surface area (Å²) in [6.45, 7) is 4.09. The van der Waals surface area contributed by atoms with Gasteiger partial charge in [0.15, 0.2) is 11.7 Å². The monoisotopic (exact) mass is 520 g/mol. The summed E-state index contributed by atoms with van der Waals surface area (Å²) >= 11 is 0. The highest BCUT2D eigenvalue weighted by Gasteiger charge is 2.14. The van der Waals surface area contributed by atoms with Crippen LogP contribution in [0.1, 0.15) is 35.5 Å². The van der Waals surface area contributed by atoms with E-state index < -0.39 is 0 Å². The fourth-order valence-electron chi connectivity index (χ4n) is 4.75. The minimum atomic E-state index is -0.134. The molecule has 0 amide bonds. The van der Waals surface area contributed by atoms with Gasteiger partial charge in [-0.25, -0.2) is 15.0 Å². The van der Waals surface area contributed by atoms with Crippen LogP contribution in [0.3, 0.4) is 0 Å². The Balaban J connectivity index is 1.48. The Hall–Kier alpha value is -5.23. The number of amidine groups is 2. The van der Waals surface area contributed by atoms with Crippen LogP contribution in [0.15, 0.2) is 125 Å². The molecule has 6 heteroatoms. The molecule has 0 saturated carbocycles. The summed E-state index contributed by atoms with van der Waals surface area (Å²) in [7, 11) is 0. The van der Waals surface area contributed by atoms with Crippen LogP contribution in [0.25, 0.3) is 33.1 Å². The number of hydrogen-bond acceptors (Lipinski definition) is 4. The highest BCUT2D eigenvalue weighted by atomic mass is 15.0. The predicted octanol–water partition coefficient (Wildman–Crippen LogP) is 7.07. The molecule has 0 aliphatic carbocycles. The first-order chi connectivity index (χ1) is 19.6. The summed E-state index contributed by atoms with van der Waals surface area (Å²) < 4.78 is 0. The number of aryl methyl sites for hydroxylation is 1. The number of aliphatic imine (C=N–C) groups is 2. The van der Waals surface area contributed by atoms with Crippen LogP contribution < -0.4 is 5.73 Å². The minimum Gasteiger partial charge on any atom is -0.382 e. The first-order valence-electron chi connectivity index (χ1n) is 13.2. The molecule has 6 aromatic rings. The van der Waals surface area contributed by atoms with E-state index in [1.807, 2.05) is 85.8 Å². The number of benzene rings is 3. The number of fused-ring (bicyclic) bond motifs is 3. The van der Waals surface area contributed by atoms with Crippen molar-refractivity contribution >= 4 is 33.5 Å². The molecule has 3 aromatic carbocycles. The van der Waals surface area contributed by atoms with Crippen molar-refractivity contribution in [2.75, 3.05) is 0 Å². The van der Waals surface area contributed by atoms with E-state index in [1.54, 1.807) is 6.20 Å². The third-order valence-corrected chi connectivity index (χ3v) is 6.90. The fourth-order valence-corrected chi connectivity index (χ4v) is 4.75. The maximum Gasteiger partial charge on any atom is 0.176 e. The highest BCUT2D eigenvalue weighted by molar-refractivity contribution is 6.11. The lowest BCUT2D eigenvalue weighted by Crippen LogP contribution is -2.19. The average molecular weight is 521 g/mol. The Morgan fingerprint density at radius 1 is 0.750 bits per heavy atom. The number of nitrogens with two attached hydrogens (primary N) is 1. The van der Waals surface area contributed by atoms with Gasteiger partial charge >= 0.3 is 0 Å². The van der Waals surface area contributed by atoms with Crippen LogP contribution in [0, 0.1) is 6.92 Å². The summed E-state index contributed by atoms with van der Waals surface area (Å²) in [5.74, 6) is 0.724. The van der Waals surface area contributed by atoms with Crippen LogP contribution in [-0.2, 0) is 0 Å². The summed E-state index contributed by atoms with van der Waals surface area (Å²) in [6, 6.07) is 36.0. The van der Waals surface area contributed by atoms with Crippen LogP contribution >= 0.6 is 0 Å². The van der Waals surface area contributed by atoms with E-state index in [2.05, 4.69) is 42.2 Å². The van der Waals surface area contributed by atoms with Crippen LogP contribution in [0.2, 0.25) is 0 Å². The molecule has 0 fully saturated rings. The largest absolute Gasteiger partial charge is 0.382 e. The predicted molar refractivity (Wildman–Crippen MR) is 164 cm³/mol. The number of pyridine rings is 3. The Bertz CT molecular complexity index is 1860. The summed E-state index contributed by atoms with van der Waals surface area (Å²) in [5.41, 5.74) is 13.5. The number of nitrogens with zero attached hydrogens (tertiary/aromatic N) is 5. The topological polar surface area (TPSA) is 89.4 Å². The third-order valence-electron chi connectivity index (χ3n) is 6.90. The lowest BCUT2D eigenvalue weighted by atomic mass is 10.0. The van der Waals surface area contributed by atoms with E-state index in [4.69, 9.17) is 25.7 Å². The zero-order chi connectivity index (χ0) is 27.5. The standard InChI is InChI=1S/C34H28N6/c1-22-21-30(33(35)40-34(29-15-9-10-20-36-29)37-23(2)24-11-5-3-6-12-24)39-32-27(22)18-16-26-17-19-28(38-31(26)32)25-13-7-4-8-14-25/h3-21,23H,1-2H3,(H2,35,37,40). The van der Waals surface area contributed by atoms with Crippen LogP contribution in [0.5, 0.6) is 0 Å². The van der Waals surface area contributed by atoms with Gasteiger partial charge in [-0.15, -0.1) is 0 Å². The first-order valence-corrected chi connectivity index (χ1v) is 13.2. The van der Waals surface area contributed by atoms with Crippen molar-refractivity contribution < 1.29 is 0 Å². The van der Waals surface area contributed by atoms with E-state index >= 15 is 0 Å². The van der Waals surface area contributed by atoms with E-state index in [-0.39, 0.29) is 11.9 Å².